The Hall–Kier alpha value is -2.74. The second kappa shape index (κ2) is 12.5. The van der Waals surface area contributed by atoms with E-state index in [0.29, 0.717) is 32.7 Å². The molecule has 0 spiro atoms. The summed E-state index contributed by atoms with van der Waals surface area (Å²) < 4.78 is 32.2. The Kier molecular flexibility index (Phi) is 9.42. The van der Waals surface area contributed by atoms with Gasteiger partial charge in [-0.2, -0.15) is 9.57 Å². The number of carbonyl (C=O) groups is 1. The molecule has 0 radical (unpaired) electrons. The number of aromatic amines is 1. The summed E-state index contributed by atoms with van der Waals surface area (Å²) in [6.45, 7) is 1.92. The summed E-state index contributed by atoms with van der Waals surface area (Å²) in [4.78, 5) is 18.6. The standard InChI is InChI=1S/C23H31N5O4S/c24-17-21-18-26-22(27-21)23(29)25-11-4-7-20(9-8-19-5-2-1-3-6-19)10-16-33(30,31)28-12-14-32-15-13-28/h4-5,7,9,18H,1-3,6,8,10-16H2,(H,25,29)(H,26,27)/b7-4-,20-9+. The van der Waals surface area contributed by atoms with Gasteiger partial charge in [0, 0.05) is 19.6 Å². The van der Waals surface area contributed by atoms with Crippen LogP contribution in [0.3, 0.4) is 0 Å². The first kappa shape index (κ1) is 24.9. The van der Waals surface area contributed by atoms with E-state index in [1.807, 2.05) is 12.1 Å². The second-order valence-electron chi connectivity index (χ2n) is 8.04. The number of nitriles is 1. The Morgan fingerprint density at radius 1 is 1.33 bits per heavy atom. The number of ether oxygens (including phenoxy) is 1. The number of aromatic nitrogens is 2. The maximum Gasteiger partial charge on any atom is 0.287 e. The number of carbonyl (C=O) groups excluding carboxylic acids is 1. The zero-order valence-corrected chi connectivity index (χ0v) is 19.6. The minimum Gasteiger partial charge on any atom is -0.379 e. The minimum absolute atomic E-state index is 0.0396. The number of rotatable bonds is 10. The number of amides is 1. The normalized spacial score (nSPS) is 18.2. The highest BCUT2D eigenvalue weighted by atomic mass is 32.2. The van der Waals surface area contributed by atoms with Gasteiger partial charge in [-0.05, 0) is 38.5 Å². The van der Waals surface area contributed by atoms with Crippen LogP contribution >= 0.6 is 0 Å². The Balaban J connectivity index is 1.58. The molecule has 0 bridgehead atoms. The molecule has 1 aliphatic heterocycles. The Morgan fingerprint density at radius 2 is 2.15 bits per heavy atom. The molecule has 2 N–H and O–H groups in total. The maximum atomic E-state index is 12.7. The maximum absolute atomic E-state index is 12.7. The third-order valence-corrected chi connectivity index (χ3v) is 7.52. The summed E-state index contributed by atoms with van der Waals surface area (Å²) in [6, 6.07) is 1.89. The molecule has 178 valence electrons. The van der Waals surface area contributed by atoms with Crippen molar-refractivity contribution in [1.82, 2.24) is 19.6 Å². The van der Waals surface area contributed by atoms with E-state index in [2.05, 4.69) is 27.4 Å². The van der Waals surface area contributed by atoms with Crippen molar-refractivity contribution in [3.8, 4) is 6.07 Å². The van der Waals surface area contributed by atoms with E-state index >= 15 is 0 Å². The van der Waals surface area contributed by atoms with Gasteiger partial charge in [-0.15, -0.1) is 0 Å². The summed E-state index contributed by atoms with van der Waals surface area (Å²) in [5.74, 6) is -0.289. The Bertz CT molecular complexity index is 1040. The molecule has 0 unspecified atom stereocenters. The molecule has 1 fully saturated rings. The molecule has 2 aliphatic rings. The van der Waals surface area contributed by atoms with Gasteiger partial charge in [0.15, 0.2) is 5.82 Å². The number of imidazole rings is 1. The number of nitrogens with zero attached hydrogens (tertiary/aromatic N) is 3. The van der Waals surface area contributed by atoms with Crippen LogP contribution in [0.2, 0.25) is 0 Å². The SMILES string of the molecule is N#Cc1cnc(C(=O)NC/C=C\C(=C/CC2=CCCCC2)CCS(=O)(=O)N2CCOCC2)[nH]1. The van der Waals surface area contributed by atoms with Gasteiger partial charge in [0.05, 0.1) is 25.2 Å². The molecular weight excluding hydrogens is 442 g/mol. The smallest absolute Gasteiger partial charge is 0.287 e. The minimum atomic E-state index is -3.35. The van der Waals surface area contributed by atoms with Gasteiger partial charge in [-0.3, -0.25) is 4.79 Å². The van der Waals surface area contributed by atoms with Crippen molar-refractivity contribution in [2.24, 2.45) is 0 Å². The van der Waals surface area contributed by atoms with Crippen molar-refractivity contribution < 1.29 is 17.9 Å². The van der Waals surface area contributed by atoms with Gasteiger partial charge in [-0.1, -0.05) is 35.5 Å². The molecule has 1 amide bonds. The van der Waals surface area contributed by atoms with E-state index in [1.54, 1.807) is 6.08 Å². The van der Waals surface area contributed by atoms with Gasteiger partial charge in [0.1, 0.15) is 11.8 Å². The van der Waals surface area contributed by atoms with Crippen LogP contribution in [0, 0.1) is 11.3 Å². The van der Waals surface area contributed by atoms with Gasteiger partial charge < -0.3 is 15.0 Å². The Morgan fingerprint density at radius 3 is 2.85 bits per heavy atom. The fourth-order valence-corrected chi connectivity index (χ4v) is 5.20. The van der Waals surface area contributed by atoms with Crippen LogP contribution < -0.4 is 5.32 Å². The lowest BCUT2D eigenvalue weighted by Crippen LogP contribution is -2.41. The lowest BCUT2D eigenvalue weighted by molar-refractivity contribution is 0.0730. The van der Waals surface area contributed by atoms with E-state index in [1.165, 1.54) is 28.9 Å². The number of sulfonamides is 1. The highest BCUT2D eigenvalue weighted by Gasteiger charge is 2.24. The molecule has 1 aliphatic carbocycles. The van der Waals surface area contributed by atoms with E-state index < -0.39 is 15.9 Å². The quantitative estimate of drug-likeness (QED) is 0.397. The van der Waals surface area contributed by atoms with E-state index in [9.17, 15) is 13.2 Å². The van der Waals surface area contributed by atoms with E-state index in [0.717, 1.165) is 24.8 Å². The van der Waals surface area contributed by atoms with Gasteiger partial charge in [0.25, 0.3) is 5.91 Å². The van der Waals surface area contributed by atoms with Gasteiger partial charge in [0.2, 0.25) is 10.0 Å². The first-order valence-electron chi connectivity index (χ1n) is 11.3. The molecule has 1 aromatic rings. The van der Waals surface area contributed by atoms with Crippen LogP contribution in [0.4, 0.5) is 0 Å². The molecule has 0 saturated carbocycles. The van der Waals surface area contributed by atoms with Crippen molar-refractivity contribution in [3.63, 3.8) is 0 Å². The van der Waals surface area contributed by atoms with E-state index in [4.69, 9.17) is 10.00 Å². The van der Waals surface area contributed by atoms with Crippen LogP contribution in [0.1, 0.15) is 54.8 Å². The summed E-state index contributed by atoms with van der Waals surface area (Å²) >= 11 is 0. The lowest BCUT2D eigenvalue weighted by Gasteiger charge is -2.26. The third-order valence-electron chi connectivity index (χ3n) is 5.65. The molecule has 0 atom stereocenters. The predicted octanol–water partition coefficient (Wildman–Crippen LogP) is 2.44. The molecule has 9 nitrogen and oxygen atoms in total. The van der Waals surface area contributed by atoms with Crippen LogP contribution in [-0.2, 0) is 14.8 Å². The zero-order valence-electron chi connectivity index (χ0n) is 18.8. The largest absolute Gasteiger partial charge is 0.379 e. The van der Waals surface area contributed by atoms with Crippen molar-refractivity contribution in [3.05, 3.63) is 53.2 Å². The van der Waals surface area contributed by atoms with Gasteiger partial charge >= 0.3 is 0 Å². The molecule has 33 heavy (non-hydrogen) atoms. The fraction of sp³-hybridized carbons (Fsp3) is 0.522. The number of hydrogen-bond donors (Lipinski definition) is 2. The van der Waals surface area contributed by atoms with Crippen molar-refractivity contribution >= 4 is 15.9 Å². The topological polar surface area (TPSA) is 128 Å². The van der Waals surface area contributed by atoms with Crippen LogP contribution in [-0.4, -0.2) is 67.2 Å². The summed E-state index contributed by atoms with van der Waals surface area (Å²) in [5.41, 5.74) is 2.54. The molecule has 2 heterocycles. The number of hydrogen-bond acceptors (Lipinski definition) is 6. The number of morpholine rings is 1. The van der Waals surface area contributed by atoms with Crippen molar-refractivity contribution in [1.29, 1.82) is 5.26 Å². The summed E-state index contributed by atoms with van der Waals surface area (Å²) in [6.07, 6.45) is 15.2. The molecule has 1 aromatic heterocycles. The summed E-state index contributed by atoms with van der Waals surface area (Å²) in [5, 5.41) is 11.5. The van der Waals surface area contributed by atoms with Gasteiger partial charge in [-0.25, -0.2) is 13.4 Å². The second-order valence-corrected chi connectivity index (χ2v) is 10.1. The number of H-pyrrole nitrogens is 1. The third kappa shape index (κ3) is 7.96. The number of allylic oxidation sites excluding steroid dienone is 5. The lowest BCUT2D eigenvalue weighted by atomic mass is 9.96. The highest BCUT2D eigenvalue weighted by molar-refractivity contribution is 7.89. The fourth-order valence-electron chi connectivity index (χ4n) is 3.75. The first-order chi connectivity index (χ1) is 16.0. The Labute approximate surface area is 195 Å². The molecule has 0 aromatic carbocycles. The molecule has 10 heteroatoms. The van der Waals surface area contributed by atoms with Crippen molar-refractivity contribution in [2.75, 3.05) is 38.6 Å². The average molecular weight is 474 g/mol. The van der Waals surface area contributed by atoms with Crippen molar-refractivity contribution in [2.45, 2.75) is 38.5 Å². The summed E-state index contributed by atoms with van der Waals surface area (Å²) in [7, 11) is -3.35. The van der Waals surface area contributed by atoms with Crippen LogP contribution in [0.15, 0.2) is 41.6 Å². The zero-order chi connectivity index (χ0) is 23.5. The first-order valence-corrected chi connectivity index (χ1v) is 12.9. The van der Waals surface area contributed by atoms with Crippen LogP contribution in [0.5, 0.6) is 0 Å². The molecule has 1 saturated heterocycles. The molecule has 3 rings (SSSR count). The predicted molar refractivity (Wildman–Crippen MR) is 125 cm³/mol. The van der Waals surface area contributed by atoms with E-state index in [-0.39, 0.29) is 23.8 Å². The highest BCUT2D eigenvalue weighted by Crippen LogP contribution is 2.22. The molecular formula is C23H31N5O4S. The average Bonchev–Trinajstić information content (AvgIpc) is 3.33. The monoisotopic (exact) mass is 473 g/mol. The number of nitrogens with one attached hydrogen (secondary N) is 2. The van der Waals surface area contributed by atoms with Crippen LogP contribution in [0.25, 0.3) is 0 Å².